The van der Waals surface area contributed by atoms with Gasteiger partial charge in [-0.1, -0.05) is 0 Å². The lowest BCUT2D eigenvalue weighted by Crippen LogP contribution is -2.65. The molecule has 0 radical (unpaired) electrons. The number of nitrogens with one attached hydrogen (secondary N) is 2. The van der Waals surface area contributed by atoms with E-state index in [9.17, 15) is 60.8 Å². The van der Waals surface area contributed by atoms with E-state index < -0.39 is 59.1 Å². The molecule has 0 aromatic rings. The first-order valence-corrected chi connectivity index (χ1v) is 10.00. The van der Waals surface area contributed by atoms with E-state index in [0.29, 0.717) is 0 Å². The number of halogens is 7. The molecule has 0 rings (SSSR count). The van der Waals surface area contributed by atoms with Crippen molar-refractivity contribution in [2.75, 3.05) is 12.9 Å². The summed E-state index contributed by atoms with van der Waals surface area (Å²) in [7, 11) is -19.4. The van der Waals surface area contributed by atoms with E-state index in [1.165, 1.54) is 0 Å². The standard InChI is InChI=1S/C6H7F7N2O7S3/c1-23(17,18)15-25(21,22)6(12,13)4(8,9)5(10,11)24(19,20)14-3(16)2-7/h15H,2H2,1H3,(H,14,16). The third-order valence-corrected chi connectivity index (χ3v) is 6.48. The molecule has 1 amide bonds. The molecule has 0 aromatic carbocycles. The van der Waals surface area contributed by atoms with Gasteiger partial charge in [0, 0.05) is 0 Å². The third kappa shape index (κ3) is 4.31. The summed E-state index contributed by atoms with van der Waals surface area (Å²) in [5, 5.41) is -14.0. The second-order valence-electron chi connectivity index (χ2n) is 4.13. The molecule has 0 aromatic heterocycles. The number of rotatable bonds is 8. The maximum Gasteiger partial charge on any atom is 0.433 e. The first-order valence-electron chi connectivity index (χ1n) is 5.14. The van der Waals surface area contributed by atoms with E-state index in [1.807, 2.05) is 0 Å². The SMILES string of the molecule is CS(=O)(=O)NS(=O)(=O)C(F)(F)C(F)(F)C(F)(F)S(=O)(=O)NC(=O)CF. The molecule has 19 heteroatoms. The maximum absolute atomic E-state index is 13.4. The Kier molecular flexibility index (Phi) is 6.19. The second-order valence-corrected chi connectivity index (χ2v) is 9.58. The molecule has 0 aliphatic heterocycles. The summed E-state index contributed by atoms with van der Waals surface area (Å²) >= 11 is 0. The molecule has 0 spiro atoms. The number of hydrogen-bond donors (Lipinski definition) is 2. The van der Waals surface area contributed by atoms with Gasteiger partial charge in [-0.15, -0.1) is 4.13 Å². The van der Waals surface area contributed by atoms with E-state index in [1.54, 1.807) is 0 Å². The lowest BCUT2D eigenvalue weighted by molar-refractivity contribution is -0.244. The number of carbonyl (C=O) groups excluding carboxylic acids is 1. The molecule has 0 heterocycles. The molecule has 150 valence electrons. The highest BCUT2D eigenvalue weighted by Gasteiger charge is 2.82. The van der Waals surface area contributed by atoms with Gasteiger partial charge in [-0.25, -0.2) is 25.9 Å². The van der Waals surface area contributed by atoms with E-state index >= 15 is 0 Å². The Labute approximate surface area is 135 Å². The Morgan fingerprint density at radius 2 is 1.20 bits per heavy atom. The van der Waals surface area contributed by atoms with Crippen LogP contribution in [0.25, 0.3) is 0 Å². The summed E-state index contributed by atoms with van der Waals surface area (Å²) in [6, 6.07) is 0. The topological polar surface area (TPSA) is 144 Å². The molecule has 0 saturated heterocycles. The summed E-state index contributed by atoms with van der Waals surface area (Å²) in [5.41, 5.74) is 0. The monoisotopic (exact) mass is 448 g/mol. The van der Waals surface area contributed by atoms with Crippen LogP contribution in [0.15, 0.2) is 0 Å². The lowest BCUT2D eigenvalue weighted by atomic mass is 10.3. The largest absolute Gasteiger partial charge is 0.433 e. The molecular formula is C6H7F7N2O7S3. The molecule has 25 heavy (non-hydrogen) atoms. The number of alkyl halides is 7. The van der Waals surface area contributed by atoms with E-state index in [2.05, 4.69) is 0 Å². The number of hydrogen-bond acceptors (Lipinski definition) is 7. The molecule has 0 bridgehead atoms. The molecular weight excluding hydrogens is 441 g/mol. The zero-order valence-corrected chi connectivity index (χ0v) is 13.9. The van der Waals surface area contributed by atoms with Crippen LogP contribution in [-0.4, -0.2) is 60.5 Å². The summed E-state index contributed by atoms with van der Waals surface area (Å²) in [4.78, 5) is 10.4. The molecule has 0 fully saturated rings. The number of carbonyl (C=O) groups is 1. The van der Waals surface area contributed by atoms with Gasteiger partial charge in [-0.05, 0) is 0 Å². The van der Waals surface area contributed by atoms with Crippen LogP contribution >= 0.6 is 0 Å². The van der Waals surface area contributed by atoms with Crippen molar-refractivity contribution in [2.24, 2.45) is 0 Å². The van der Waals surface area contributed by atoms with Crippen molar-refractivity contribution < 1.29 is 60.8 Å². The van der Waals surface area contributed by atoms with Gasteiger partial charge in [0.1, 0.15) is 0 Å². The molecule has 2 N–H and O–H groups in total. The van der Waals surface area contributed by atoms with E-state index in [-0.39, 0.29) is 15.1 Å². The fourth-order valence-electron chi connectivity index (χ4n) is 1.000. The van der Waals surface area contributed by atoms with Crippen molar-refractivity contribution >= 4 is 36.0 Å². The van der Waals surface area contributed by atoms with Crippen LogP contribution in [0.5, 0.6) is 0 Å². The minimum Gasteiger partial charge on any atom is -0.271 e. The Hall–Kier alpha value is -1.21. The molecule has 0 atom stereocenters. The van der Waals surface area contributed by atoms with Gasteiger partial charge in [0.25, 0.3) is 15.9 Å². The molecule has 0 aliphatic carbocycles. The number of sulfonamides is 3. The van der Waals surface area contributed by atoms with Crippen molar-refractivity contribution in [1.82, 2.24) is 8.85 Å². The Morgan fingerprint density at radius 3 is 1.52 bits per heavy atom. The fraction of sp³-hybridized carbons (Fsp3) is 0.833. The van der Waals surface area contributed by atoms with Gasteiger partial charge >= 0.3 is 26.5 Å². The smallest absolute Gasteiger partial charge is 0.271 e. The summed E-state index contributed by atoms with van der Waals surface area (Å²) in [6.07, 6.45) is -0.116. The predicted octanol–water partition coefficient (Wildman–Crippen LogP) is -0.898. The van der Waals surface area contributed by atoms with Crippen LogP contribution in [0.1, 0.15) is 0 Å². The van der Waals surface area contributed by atoms with Crippen molar-refractivity contribution in [3.63, 3.8) is 0 Å². The van der Waals surface area contributed by atoms with Gasteiger partial charge < -0.3 is 0 Å². The highest BCUT2D eigenvalue weighted by Crippen LogP contribution is 2.50. The van der Waals surface area contributed by atoms with Crippen molar-refractivity contribution in [3.8, 4) is 0 Å². The van der Waals surface area contributed by atoms with Gasteiger partial charge in [-0.2, -0.15) is 34.8 Å². The van der Waals surface area contributed by atoms with E-state index in [0.717, 1.165) is 0 Å². The van der Waals surface area contributed by atoms with Gasteiger partial charge in [0.2, 0.25) is 10.0 Å². The van der Waals surface area contributed by atoms with Crippen molar-refractivity contribution in [1.29, 1.82) is 0 Å². The quantitative estimate of drug-likeness (QED) is 0.458. The molecule has 9 nitrogen and oxygen atoms in total. The highest BCUT2D eigenvalue weighted by atomic mass is 32.3. The van der Waals surface area contributed by atoms with Crippen molar-refractivity contribution in [2.45, 2.75) is 16.4 Å². The predicted molar refractivity (Wildman–Crippen MR) is 64.8 cm³/mol. The lowest BCUT2D eigenvalue weighted by Gasteiger charge is -2.31. The summed E-state index contributed by atoms with van der Waals surface area (Å²) < 4.78 is 157. The second kappa shape index (κ2) is 6.50. The normalized spacial score (nSPS) is 15.0. The van der Waals surface area contributed by atoms with Gasteiger partial charge in [0.05, 0.1) is 6.26 Å². The van der Waals surface area contributed by atoms with Crippen LogP contribution in [0.4, 0.5) is 30.7 Å². The third-order valence-electron chi connectivity index (χ3n) is 2.04. The first kappa shape index (κ1) is 23.8. The first-order chi connectivity index (χ1) is 10.7. The Balaban J connectivity index is 6.31. The van der Waals surface area contributed by atoms with Gasteiger partial charge in [0.15, 0.2) is 6.67 Å². The average molecular weight is 448 g/mol. The van der Waals surface area contributed by atoms with Crippen LogP contribution in [0.2, 0.25) is 0 Å². The number of amides is 1. The minimum absolute atomic E-state index is 0.0144. The zero-order chi connectivity index (χ0) is 20.7. The Bertz CT molecular complexity index is 849. The van der Waals surface area contributed by atoms with E-state index in [4.69, 9.17) is 0 Å². The Morgan fingerprint density at radius 1 is 0.840 bits per heavy atom. The summed E-state index contributed by atoms with van der Waals surface area (Å²) in [6.45, 7) is -2.33. The zero-order valence-electron chi connectivity index (χ0n) is 11.4. The maximum atomic E-state index is 13.4. The van der Waals surface area contributed by atoms with Crippen LogP contribution in [-0.2, 0) is 34.9 Å². The highest BCUT2D eigenvalue weighted by molar-refractivity contribution is 8.05. The summed E-state index contributed by atoms with van der Waals surface area (Å²) in [5.74, 6) is -9.74. The van der Waals surface area contributed by atoms with Crippen LogP contribution in [0.3, 0.4) is 0 Å². The molecule has 0 saturated carbocycles. The average Bonchev–Trinajstić information content (AvgIpc) is 2.34. The molecule has 0 aliphatic rings. The van der Waals surface area contributed by atoms with Crippen LogP contribution in [0, 0.1) is 0 Å². The van der Waals surface area contributed by atoms with Crippen molar-refractivity contribution in [3.05, 3.63) is 0 Å². The minimum atomic E-state index is -7.29. The van der Waals surface area contributed by atoms with Crippen LogP contribution < -0.4 is 8.85 Å². The molecule has 0 unspecified atom stereocenters. The fourth-order valence-corrected chi connectivity index (χ4v) is 4.49. The van der Waals surface area contributed by atoms with Gasteiger partial charge in [-0.3, -0.25) is 4.79 Å².